The highest BCUT2D eigenvalue weighted by Crippen LogP contribution is 2.23. The van der Waals surface area contributed by atoms with Crippen molar-refractivity contribution < 1.29 is 9.59 Å². The third-order valence-corrected chi connectivity index (χ3v) is 7.55. The van der Waals surface area contributed by atoms with E-state index in [4.69, 9.17) is 23.2 Å². The van der Waals surface area contributed by atoms with Gasteiger partial charge in [0.1, 0.15) is 6.04 Å². The summed E-state index contributed by atoms with van der Waals surface area (Å²) in [6.07, 6.45) is 3.39. The average molecular weight is 558 g/mol. The van der Waals surface area contributed by atoms with Crippen LogP contribution in [0.3, 0.4) is 0 Å². The first-order valence-corrected chi connectivity index (χ1v) is 14.4. The fraction of sp³-hybridized carbons (Fsp3) is 0.333. The summed E-state index contributed by atoms with van der Waals surface area (Å²) in [4.78, 5) is 29.9. The zero-order valence-corrected chi connectivity index (χ0v) is 23.5. The van der Waals surface area contributed by atoms with Gasteiger partial charge in [0.2, 0.25) is 11.8 Å². The van der Waals surface area contributed by atoms with Crippen LogP contribution in [0.1, 0.15) is 43.7 Å². The molecule has 0 saturated heterocycles. The molecule has 0 radical (unpaired) electrons. The molecule has 0 aliphatic rings. The second-order valence-corrected chi connectivity index (χ2v) is 10.9. The molecule has 37 heavy (non-hydrogen) atoms. The summed E-state index contributed by atoms with van der Waals surface area (Å²) < 4.78 is 0. The number of halogens is 2. The number of benzene rings is 3. The minimum atomic E-state index is -0.616. The third-order valence-electron chi connectivity index (χ3n) is 5.96. The average Bonchev–Trinajstić information content (AvgIpc) is 2.90. The lowest BCUT2D eigenvalue weighted by Gasteiger charge is -2.31. The Balaban J connectivity index is 1.77. The van der Waals surface area contributed by atoms with E-state index in [1.807, 2.05) is 78.9 Å². The maximum Gasteiger partial charge on any atom is 0.243 e. The molecule has 4 nitrogen and oxygen atoms in total. The van der Waals surface area contributed by atoms with E-state index in [2.05, 4.69) is 12.2 Å². The van der Waals surface area contributed by atoms with E-state index in [0.717, 1.165) is 34.6 Å². The van der Waals surface area contributed by atoms with Crippen molar-refractivity contribution in [2.45, 2.75) is 56.5 Å². The molecule has 0 spiro atoms. The van der Waals surface area contributed by atoms with Crippen molar-refractivity contribution in [2.24, 2.45) is 0 Å². The van der Waals surface area contributed by atoms with Crippen LogP contribution in [-0.2, 0) is 22.6 Å². The lowest BCUT2D eigenvalue weighted by atomic mass is 10.0. The summed E-state index contributed by atoms with van der Waals surface area (Å²) in [6.45, 7) is 3.00. The normalized spacial score (nSPS) is 11.6. The summed E-state index contributed by atoms with van der Waals surface area (Å²) in [5.41, 5.74) is 1.91. The second-order valence-electron chi connectivity index (χ2n) is 8.91. The summed E-state index contributed by atoms with van der Waals surface area (Å²) >= 11 is 13.9. The lowest BCUT2D eigenvalue weighted by Crippen LogP contribution is -2.50. The van der Waals surface area contributed by atoms with E-state index >= 15 is 0 Å². The smallest absolute Gasteiger partial charge is 0.243 e. The maximum absolute atomic E-state index is 13.6. The molecule has 3 rings (SSSR count). The molecule has 2 amide bonds. The molecule has 1 atom stereocenters. The molecule has 1 unspecified atom stereocenters. The zero-order valence-electron chi connectivity index (χ0n) is 21.2. The second kappa shape index (κ2) is 15.7. The number of thioether (sulfide) groups is 1. The van der Waals surface area contributed by atoms with Crippen LogP contribution in [-0.4, -0.2) is 35.1 Å². The Morgan fingerprint density at radius 1 is 0.892 bits per heavy atom. The minimum Gasteiger partial charge on any atom is -0.354 e. The molecule has 0 aliphatic carbocycles. The fourth-order valence-electron chi connectivity index (χ4n) is 3.98. The number of carbonyl (C=O) groups is 2. The van der Waals surface area contributed by atoms with Crippen LogP contribution in [0.15, 0.2) is 83.8 Å². The first-order valence-electron chi connectivity index (χ1n) is 12.7. The molecule has 0 aliphatic heterocycles. The molecule has 0 saturated carbocycles. The number of unbranched alkanes of at least 4 members (excludes halogenated alkanes) is 1. The predicted molar refractivity (Wildman–Crippen MR) is 155 cm³/mol. The molecule has 3 aromatic carbocycles. The van der Waals surface area contributed by atoms with Gasteiger partial charge >= 0.3 is 0 Å². The molecule has 0 heterocycles. The highest BCUT2D eigenvalue weighted by atomic mass is 35.5. The molecular formula is C30H34Cl2N2O2S. The SMILES string of the molecule is CCCCNC(=O)C(Cc1ccccc1)N(Cc1cccc(Cl)c1)C(=O)CCCSc1ccc(Cl)cc1. The third kappa shape index (κ3) is 10.1. The van der Waals surface area contributed by atoms with Gasteiger partial charge in [-0.25, -0.2) is 0 Å². The van der Waals surface area contributed by atoms with E-state index in [1.54, 1.807) is 16.7 Å². The van der Waals surface area contributed by atoms with Crippen LogP contribution >= 0.6 is 35.0 Å². The number of amides is 2. The molecular weight excluding hydrogens is 523 g/mol. The molecule has 3 aromatic rings. The van der Waals surface area contributed by atoms with Gasteiger partial charge in [-0.3, -0.25) is 9.59 Å². The Bertz CT molecular complexity index is 1130. The van der Waals surface area contributed by atoms with Crippen molar-refractivity contribution in [1.82, 2.24) is 10.2 Å². The Kier molecular flexibility index (Phi) is 12.3. The van der Waals surface area contributed by atoms with Crippen LogP contribution in [0.4, 0.5) is 0 Å². The van der Waals surface area contributed by atoms with Crippen molar-refractivity contribution in [3.63, 3.8) is 0 Å². The van der Waals surface area contributed by atoms with Gasteiger partial charge in [-0.15, -0.1) is 11.8 Å². The topological polar surface area (TPSA) is 49.4 Å². The summed E-state index contributed by atoms with van der Waals surface area (Å²) in [5.74, 6) is 0.635. The maximum atomic E-state index is 13.6. The van der Waals surface area contributed by atoms with Crippen LogP contribution in [0.25, 0.3) is 0 Å². The van der Waals surface area contributed by atoms with E-state index in [0.29, 0.717) is 42.4 Å². The van der Waals surface area contributed by atoms with Crippen molar-refractivity contribution in [1.29, 1.82) is 0 Å². The summed E-state index contributed by atoms with van der Waals surface area (Å²) in [6, 6.07) is 24.4. The van der Waals surface area contributed by atoms with Crippen molar-refractivity contribution in [3.05, 3.63) is 100 Å². The Hall–Kier alpha value is -2.47. The van der Waals surface area contributed by atoms with Crippen LogP contribution in [0.5, 0.6) is 0 Å². The van der Waals surface area contributed by atoms with Gasteiger partial charge in [0.05, 0.1) is 0 Å². The van der Waals surface area contributed by atoms with E-state index < -0.39 is 6.04 Å². The summed E-state index contributed by atoms with van der Waals surface area (Å²) in [7, 11) is 0. The molecule has 196 valence electrons. The number of hydrogen-bond acceptors (Lipinski definition) is 3. The first-order chi connectivity index (χ1) is 18.0. The monoisotopic (exact) mass is 556 g/mol. The van der Waals surface area contributed by atoms with Crippen molar-refractivity contribution >= 4 is 46.8 Å². The molecule has 0 aromatic heterocycles. The van der Waals surface area contributed by atoms with Gasteiger partial charge in [-0.1, -0.05) is 79.0 Å². The van der Waals surface area contributed by atoms with E-state index in [1.165, 1.54) is 0 Å². The fourth-order valence-corrected chi connectivity index (χ4v) is 5.17. The predicted octanol–water partition coefficient (Wildman–Crippen LogP) is 7.42. The van der Waals surface area contributed by atoms with Crippen LogP contribution in [0, 0.1) is 0 Å². The number of rotatable bonds is 14. The van der Waals surface area contributed by atoms with Crippen molar-refractivity contribution in [3.8, 4) is 0 Å². The zero-order chi connectivity index (χ0) is 26.5. The molecule has 7 heteroatoms. The number of hydrogen-bond donors (Lipinski definition) is 1. The lowest BCUT2D eigenvalue weighted by molar-refractivity contribution is -0.141. The molecule has 0 fully saturated rings. The van der Waals surface area contributed by atoms with Gasteiger partial charge in [0.15, 0.2) is 0 Å². The molecule has 1 N–H and O–H groups in total. The van der Waals surface area contributed by atoms with Gasteiger partial charge in [0.25, 0.3) is 0 Å². The first kappa shape index (κ1) is 29.1. The van der Waals surface area contributed by atoms with Crippen molar-refractivity contribution in [2.75, 3.05) is 12.3 Å². The van der Waals surface area contributed by atoms with Crippen LogP contribution in [0.2, 0.25) is 10.0 Å². The highest BCUT2D eigenvalue weighted by molar-refractivity contribution is 7.99. The van der Waals surface area contributed by atoms with Gasteiger partial charge in [0, 0.05) is 40.9 Å². The van der Waals surface area contributed by atoms with E-state index in [9.17, 15) is 9.59 Å². The minimum absolute atomic E-state index is 0.0387. The van der Waals surface area contributed by atoms with E-state index in [-0.39, 0.29) is 11.8 Å². The number of carbonyl (C=O) groups excluding carboxylic acids is 2. The largest absolute Gasteiger partial charge is 0.354 e. The Labute approximate surface area is 234 Å². The van der Waals surface area contributed by atoms with Gasteiger partial charge < -0.3 is 10.2 Å². The number of nitrogens with zero attached hydrogens (tertiary/aromatic N) is 1. The number of nitrogens with one attached hydrogen (secondary N) is 1. The highest BCUT2D eigenvalue weighted by Gasteiger charge is 2.30. The standard InChI is InChI=1S/C30H34Cl2N2O2S/c1-2-3-18-33-30(36)28(21-23-9-5-4-6-10-23)34(22-24-11-7-12-26(32)20-24)29(35)13-8-19-37-27-16-14-25(31)15-17-27/h4-7,9-12,14-17,20,28H,2-3,8,13,18-19,21-22H2,1H3,(H,33,36). The quantitative estimate of drug-likeness (QED) is 0.166. The summed E-state index contributed by atoms with van der Waals surface area (Å²) in [5, 5.41) is 4.37. The van der Waals surface area contributed by atoms with Gasteiger partial charge in [-0.05, 0) is 66.1 Å². The van der Waals surface area contributed by atoms with Crippen LogP contribution < -0.4 is 5.32 Å². The Morgan fingerprint density at radius 2 is 1.62 bits per heavy atom. The Morgan fingerprint density at radius 3 is 2.32 bits per heavy atom. The molecule has 0 bridgehead atoms. The van der Waals surface area contributed by atoms with Gasteiger partial charge in [-0.2, -0.15) is 0 Å².